The topological polar surface area (TPSA) is 42.1 Å². The third-order valence-corrected chi connectivity index (χ3v) is 4.56. The number of pyridine rings is 1. The predicted molar refractivity (Wildman–Crippen MR) is 86.1 cm³/mol. The number of benzene rings is 1. The summed E-state index contributed by atoms with van der Waals surface area (Å²) in [5.41, 5.74) is 9.26. The van der Waals surface area contributed by atoms with E-state index in [1.54, 1.807) is 0 Å². The summed E-state index contributed by atoms with van der Waals surface area (Å²) in [5, 5.41) is 2.31. The first-order valence-electron chi connectivity index (χ1n) is 7.46. The minimum absolute atomic E-state index is 0.753. The van der Waals surface area contributed by atoms with Crippen LogP contribution < -0.4 is 10.6 Å². The fourth-order valence-corrected chi connectivity index (χ4v) is 3.18. The van der Waals surface area contributed by atoms with Crippen LogP contribution in [0.1, 0.15) is 26.0 Å². The smallest absolute Gasteiger partial charge is 0.0448 e. The zero-order valence-electron chi connectivity index (χ0n) is 12.6. The standard InChI is InChI=1S/C17H23N3/c1-11(2)13-6-7-20(10-13)17-5-4-16(18)15-9-19-12(3)8-14(15)17/h4-5,8-9,11,13H,6-7,10,18H2,1-3H3. The number of hydrogen-bond donors (Lipinski definition) is 1. The largest absolute Gasteiger partial charge is 0.398 e. The average molecular weight is 269 g/mol. The molecule has 1 saturated heterocycles. The van der Waals surface area contributed by atoms with Crippen LogP contribution in [-0.4, -0.2) is 18.1 Å². The zero-order valence-corrected chi connectivity index (χ0v) is 12.6. The lowest BCUT2D eigenvalue weighted by Crippen LogP contribution is -2.21. The Kier molecular flexibility index (Phi) is 3.28. The molecule has 3 heteroatoms. The van der Waals surface area contributed by atoms with Crippen molar-refractivity contribution < 1.29 is 0 Å². The Morgan fingerprint density at radius 2 is 2.10 bits per heavy atom. The molecular weight excluding hydrogens is 246 g/mol. The van der Waals surface area contributed by atoms with Crippen molar-refractivity contribution in [3.63, 3.8) is 0 Å². The first kappa shape index (κ1) is 13.2. The zero-order chi connectivity index (χ0) is 14.3. The summed E-state index contributed by atoms with van der Waals surface area (Å²) in [6.07, 6.45) is 3.19. The molecule has 0 spiro atoms. The molecule has 2 aromatic rings. The Morgan fingerprint density at radius 1 is 1.30 bits per heavy atom. The van der Waals surface area contributed by atoms with Crippen LogP contribution in [0.4, 0.5) is 11.4 Å². The number of nitrogens with zero attached hydrogens (tertiary/aromatic N) is 2. The number of nitrogen functional groups attached to an aromatic ring is 1. The number of aromatic nitrogens is 1. The second kappa shape index (κ2) is 4.97. The lowest BCUT2D eigenvalue weighted by Gasteiger charge is -2.22. The maximum absolute atomic E-state index is 6.09. The summed E-state index contributed by atoms with van der Waals surface area (Å²) in [7, 11) is 0. The molecule has 2 heterocycles. The summed E-state index contributed by atoms with van der Waals surface area (Å²) in [6.45, 7) is 8.97. The molecule has 1 fully saturated rings. The van der Waals surface area contributed by atoms with Gasteiger partial charge in [0.05, 0.1) is 0 Å². The third kappa shape index (κ3) is 2.21. The molecule has 0 bridgehead atoms. The Hall–Kier alpha value is -1.77. The highest BCUT2D eigenvalue weighted by Crippen LogP contribution is 2.35. The van der Waals surface area contributed by atoms with E-state index >= 15 is 0 Å². The molecule has 1 unspecified atom stereocenters. The van der Waals surface area contributed by atoms with Crippen LogP contribution in [0.25, 0.3) is 10.8 Å². The Bertz CT molecular complexity index is 633. The molecule has 0 radical (unpaired) electrons. The van der Waals surface area contributed by atoms with Gasteiger partial charge < -0.3 is 10.6 Å². The van der Waals surface area contributed by atoms with Gasteiger partial charge >= 0.3 is 0 Å². The van der Waals surface area contributed by atoms with Crippen molar-refractivity contribution in [2.45, 2.75) is 27.2 Å². The minimum Gasteiger partial charge on any atom is -0.398 e. The molecule has 1 aromatic heterocycles. The molecule has 3 nitrogen and oxygen atoms in total. The maximum Gasteiger partial charge on any atom is 0.0448 e. The fourth-order valence-electron chi connectivity index (χ4n) is 3.18. The predicted octanol–water partition coefficient (Wildman–Crippen LogP) is 3.61. The van der Waals surface area contributed by atoms with Gasteiger partial charge in [0.25, 0.3) is 0 Å². The SMILES string of the molecule is Cc1cc2c(N3CCC(C(C)C)C3)ccc(N)c2cn1. The molecule has 0 saturated carbocycles. The summed E-state index contributed by atoms with van der Waals surface area (Å²) in [4.78, 5) is 6.89. The molecule has 2 N–H and O–H groups in total. The molecule has 1 aliphatic heterocycles. The molecular formula is C17H23N3. The summed E-state index contributed by atoms with van der Waals surface area (Å²) in [5.74, 6) is 1.55. The van der Waals surface area contributed by atoms with Gasteiger partial charge in [-0.25, -0.2) is 0 Å². The number of rotatable bonds is 2. The summed E-state index contributed by atoms with van der Waals surface area (Å²) < 4.78 is 0. The molecule has 106 valence electrons. The van der Waals surface area contributed by atoms with E-state index in [2.05, 4.69) is 35.9 Å². The second-order valence-corrected chi connectivity index (χ2v) is 6.28. The number of aryl methyl sites for hydroxylation is 1. The normalized spacial score (nSPS) is 19.2. The molecule has 0 amide bonds. The minimum atomic E-state index is 0.753. The lowest BCUT2D eigenvalue weighted by molar-refractivity contribution is 0.423. The van der Waals surface area contributed by atoms with Crippen LogP contribution in [0.3, 0.4) is 0 Å². The highest BCUT2D eigenvalue weighted by Gasteiger charge is 2.26. The van der Waals surface area contributed by atoms with Gasteiger partial charge in [-0.2, -0.15) is 0 Å². The van der Waals surface area contributed by atoms with Crippen LogP contribution in [-0.2, 0) is 0 Å². The van der Waals surface area contributed by atoms with Crippen molar-refractivity contribution in [2.24, 2.45) is 11.8 Å². The highest BCUT2D eigenvalue weighted by molar-refractivity contribution is 6.01. The van der Waals surface area contributed by atoms with Crippen LogP contribution in [0.15, 0.2) is 24.4 Å². The van der Waals surface area contributed by atoms with Gasteiger partial charge in [-0.3, -0.25) is 4.98 Å². The van der Waals surface area contributed by atoms with Crippen LogP contribution in [0.5, 0.6) is 0 Å². The van der Waals surface area contributed by atoms with Crippen molar-refractivity contribution in [3.05, 3.63) is 30.1 Å². The van der Waals surface area contributed by atoms with Crippen molar-refractivity contribution in [3.8, 4) is 0 Å². The van der Waals surface area contributed by atoms with Crippen molar-refractivity contribution in [2.75, 3.05) is 23.7 Å². The monoisotopic (exact) mass is 269 g/mol. The van der Waals surface area contributed by atoms with Crippen LogP contribution in [0, 0.1) is 18.8 Å². The van der Waals surface area contributed by atoms with E-state index in [1.165, 1.54) is 17.5 Å². The maximum atomic E-state index is 6.09. The Labute approximate surface area is 120 Å². The van der Waals surface area contributed by atoms with Gasteiger partial charge in [-0.15, -0.1) is 0 Å². The van der Waals surface area contributed by atoms with E-state index in [-0.39, 0.29) is 0 Å². The summed E-state index contributed by atoms with van der Waals surface area (Å²) >= 11 is 0. The van der Waals surface area contributed by atoms with E-state index in [0.29, 0.717) is 0 Å². The highest BCUT2D eigenvalue weighted by atomic mass is 15.2. The van der Waals surface area contributed by atoms with E-state index in [4.69, 9.17) is 5.73 Å². The van der Waals surface area contributed by atoms with Gasteiger partial charge in [0.2, 0.25) is 0 Å². The van der Waals surface area contributed by atoms with Gasteiger partial charge in [0, 0.05) is 47.1 Å². The number of nitrogens with two attached hydrogens (primary N) is 1. The summed E-state index contributed by atoms with van der Waals surface area (Å²) in [6, 6.07) is 6.33. The van der Waals surface area contributed by atoms with Gasteiger partial charge in [-0.05, 0) is 43.4 Å². The molecule has 1 aliphatic rings. The molecule has 1 atom stereocenters. The van der Waals surface area contributed by atoms with E-state index in [1.807, 2.05) is 19.2 Å². The first-order chi connectivity index (χ1) is 9.56. The Morgan fingerprint density at radius 3 is 2.80 bits per heavy atom. The Balaban J connectivity index is 2.04. The average Bonchev–Trinajstić information content (AvgIpc) is 2.88. The van der Waals surface area contributed by atoms with Crippen LogP contribution in [0.2, 0.25) is 0 Å². The van der Waals surface area contributed by atoms with Gasteiger partial charge in [0.1, 0.15) is 0 Å². The fraction of sp³-hybridized carbons (Fsp3) is 0.471. The van der Waals surface area contributed by atoms with Gasteiger partial charge in [0.15, 0.2) is 0 Å². The molecule has 20 heavy (non-hydrogen) atoms. The van der Waals surface area contributed by atoms with E-state index in [0.717, 1.165) is 41.7 Å². The lowest BCUT2D eigenvalue weighted by atomic mass is 9.95. The molecule has 1 aromatic carbocycles. The second-order valence-electron chi connectivity index (χ2n) is 6.28. The van der Waals surface area contributed by atoms with E-state index in [9.17, 15) is 0 Å². The molecule has 0 aliphatic carbocycles. The third-order valence-electron chi connectivity index (χ3n) is 4.56. The van der Waals surface area contributed by atoms with Crippen LogP contribution >= 0.6 is 0 Å². The van der Waals surface area contributed by atoms with Crippen molar-refractivity contribution in [1.82, 2.24) is 4.98 Å². The number of hydrogen-bond acceptors (Lipinski definition) is 3. The molecule has 3 rings (SSSR count). The van der Waals surface area contributed by atoms with Crippen molar-refractivity contribution >= 4 is 22.1 Å². The van der Waals surface area contributed by atoms with E-state index < -0.39 is 0 Å². The first-order valence-corrected chi connectivity index (χ1v) is 7.46. The number of fused-ring (bicyclic) bond motifs is 1. The van der Waals surface area contributed by atoms with Crippen molar-refractivity contribution in [1.29, 1.82) is 0 Å². The quantitative estimate of drug-likeness (QED) is 0.847. The van der Waals surface area contributed by atoms with Gasteiger partial charge in [-0.1, -0.05) is 13.8 Å². The number of anilines is 2.